The second-order valence-corrected chi connectivity index (χ2v) is 5.52. The van der Waals surface area contributed by atoms with Crippen molar-refractivity contribution >= 4 is 0 Å². The van der Waals surface area contributed by atoms with Gasteiger partial charge >= 0.3 is 6.18 Å². The van der Waals surface area contributed by atoms with Gasteiger partial charge in [0.05, 0.1) is 5.92 Å². The van der Waals surface area contributed by atoms with Gasteiger partial charge in [-0.25, -0.2) is 0 Å². The highest BCUT2D eigenvalue weighted by Gasteiger charge is 2.41. The van der Waals surface area contributed by atoms with Gasteiger partial charge in [0.15, 0.2) is 0 Å². The average Bonchev–Trinajstić information content (AvgIpc) is 2.39. The topological polar surface area (TPSA) is 24.5 Å². The Balaban J connectivity index is 1.65. The minimum atomic E-state index is -4.03. The fraction of sp³-hybridized carbons (Fsp3) is 1.00. The zero-order valence-electron chi connectivity index (χ0n) is 11.2. The first-order valence-corrected chi connectivity index (χ1v) is 7.16. The maximum Gasteiger partial charge on any atom is 0.393 e. The number of nitrogens with one attached hydrogen (secondary N) is 1. The highest BCUT2D eigenvalue weighted by atomic mass is 19.4. The maximum atomic E-state index is 12.7. The SMILES string of the molecule is FC(F)(F)C1CCCN(CCNC2CCOCC2)C1. The van der Waals surface area contributed by atoms with Crippen LogP contribution in [0.5, 0.6) is 0 Å². The average molecular weight is 280 g/mol. The Hall–Kier alpha value is -0.330. The molecule has 0 amide bonds. The zero-order chi connectivity index (χ0) is 13.7. The van der Waals surface area contributed by atoms with Crippen LogP contribution in [0.4, 0.5) is 13.2 Å². The van der Waals surface area contributed by atoms with Crippen LogP contribution in [0, 0.1) is 5.92 Å². The van der Waals surface area contributed by atoms with Gasteiger partial charge in [0, 0.05) is 38.9 Å². The smallest absolute Gasteiger partial charge is 0.381 e. The van der Waals surface area contributed by atoms with E-state index in [0.717, 1.165) is 39.1 Å². The molecule has 0 aromatic heterocycles. The molecule has 2 fully saturated rings. The standard InChI is InChI=1S/C13H23F3N2O/c14-13(15,16)11-2-1-6-18(10-11)7-5-17-12-3-8-19-9-4-12/h11-12,17H,1-10H2. The summed E-state index contributed by atoms with van der Waals surface area (Å²) in [6, 6.07) is 0.469. The van der Waals surface area contributed by atoms with E-state index in [4.69, 9.17) is 4.74 Å². The van der Waals surface area contributed by atoms with Crippen LogP contribution < -0.4 is 5.32 Å². The third-order valence-electron chi connectivity index (χ3n) is 4.05. The van der Waals surface area contributed by atoms with Crippen molar-refractivity contribution in [2.45, 2.75) is 37.9 Å². The minimum Gasteiger partial charge on any atom is -0.381 e. The van der Waals surface area contributed by atoms with Crippen molar-refractivity contribution in [3.63, 3.8) is 0 Å². The molecule has 2 aliphatic rings. The van der Waals surface area contributed by atoms with Crippen molar-refractivity contribution in [2.75, 3.05) is 39.4 Å². The Morgan fingerprint density at radius 3 is 2.58 bits per heavy atom. The van der Waals surface area contributed by atoms with Gasteiger partial charge in [-0.3, -0.25) is 0 Å². The molecule has 0 bridgehead atoms. The van der Waals surface area contributed by atoms with Crippen molar-refractivity contribution in [3.05, 3.63) is 0 Å². The van der Waals surface area contributed by atoms with Crippen molar-refractivity contribution in [2.24, 2.45) is 5.92 Å². The van der Waals surface area contributed by atoms with Crippen LogP contribution in [-0.4, -0.2) is 56.5 Å². The molecule has 1 atom stereocenters. The molecular formula is C13H23F3N2O. The molecule has 1 N–H and O–H groups in total. The van der Waals surface area contributed by atoms with Crippen LogP contribution in [0.25, 0.3) is 0 Å². The van der Waals surface area contributed by atoms with E-state index in [1.54, 1.807) is 0 Å². The number of ether oxygens (including phenoxy) is 1. The van der Waals surface area contributed by atoms with Gasteiger partial charge in [0.1, 0.15) is 0 Å². The van der Waals surface area contributed by atoms with E-state index >= 15 is 0 Å². The predicted octanol–water partition coefficient (Wildman–Crippen LogP) is 2.03. The summed E-state index contributed by atoms with van der Waals surface area (Å²) < 4.78 is 43.3. The second kappa shape index (κ2) is 6.90. The van der Waals surface area contributed by atoms with Crippen LogP contribution in [0.3, 0.4) is 0 Å². The van der Waals surface area contributed by atoms with Gasteiger partial charge in [-0.1, -0.05) is 0 Å². The summed E-state index contributed by atoms with van der Waals surface area (Å²) in [4.78, 5) is 1.94. The second-order valence-electron chi connectivity index (χ2n) is 5.52. The largest absolute Gasteiger partial charge is 0.393 e. The molecule has 0 aromatic carbocycles. The maximum absolute atomic E-state index is 12.7. The van der Waals surface area contributed by atoms with E-state index < -0.39 is 12.1 Å². The normalized spacial score (nSPS) is 27.6. The highest BCUT2D eigenvalue weighted by molar-refractivity contribution is 4.79. The monoisotopic (exact) mass is 280 g/mol. The molecule has 1 unspecified atom stereocenters. The first kappa shape index (κ1) is 15.1. The Morgan fingerprint density at radius 2 is 1.89 bits per heavy atom. The summed E-state index contributed by atoms with van der Waals surface area (Å²) in [5, 5.41) is 3.42. The molecule has 2 saturated heterocycles. The highest BCUT2D eigenvalue weighted by Crippen LogP contribution is 2.32. The molecule has 0 radical (unpaired) electrons. The van der Waals surface area contributed by atoms with E-state index in [1.165, 1.54) is 0 Å². The van der Waals surface area contributed by atoms with Gasteiger partial charge in [-0.05, 0) is 32.2 Å². The summed E-state index contributed by atoms with van der Waals surface area (Å²) in [5.74, 6) is -1.13. The Kier molecular flexibility index (Phi) is 5.47. The number of hydrogen-bond donors (Lipinski definition) is 1. The first-order chi connectivity index (χ1) is 9.05. The van der Waals surface area contributed by atoms with Crippen molar-refractivity contribution in [1.82, 2.24) is 10.2 Å². The Bertz CT molecular complexity index is 267. The van der Waals surface area contributed by atoms with Gasteiger partial charge in [-0.2, -0.15) is 13.2 Å². The van der Waals surface area contributed by atoms with E-state index in [1.807, 2.05) is 4.90 Å². The number of piperidine rings is 1. The summed E-state index contributed by atoms with van der Waals surface area (Å²) in [5.41, 5.74) is 0. The van der Waals surface area contributed by atoms with E-state index in [-0.39, 0.29) is 13.0 Å². The number of nitrogens with zero attached hydrogens (tertiary/aromatic N) is 1. The van der Waals surface area contributed by atoms with E-state index in [9.17, 15) is 13.2 Å². The molecule has 0 saturated carbocycles. The summed E-state index contributed by atoms with van der Waals surface area (Å²) in [7, 11) is 0. The van der Waals surface area contributed by atoms with Crippen LogP contribution in [-0.2, 0) is 4.74 Å². The van der Waals surface area contributed by atoms with Crippen molar-refractivity contribution < 1.29 is 17.9 Å². The minimum absolute atomic E-state index is 0.166. The lowest BCUT2D eigenvalue weighted by Gasteiger charge is -2.34. The Labute approximate surface area is 112 Å². The Morgan fingerprint density at radius 1 is 1.16 bits per heavy atom. The zero-order valence-corrected chi connectivity index (χ0v) is 11.2. The third kappa shape index (κ3) is 4.93. The fourth-order valence-corrected chi connectivity index (χ4v) is 2.85. The predicted molar refractivity (Wildman–Crippen MR) is 67.1 cm³/mol. The van der Waals surface area contributed by atoms with Crippen LogP contribution >= 0.6 is 0 Å². The number of rotatable bonds is 4. The molecular weight excluding hydrogens is 257 g/mol. The van der Waals surface area contributed by atoms with Crippen LogP contribution in [0.2, 0.25) is 0 Å². The third-order valence-corrected chi connectivity index (χ3v) is 4.05. The summed E-state index contributed by atoms with van der Waals surface area (Å²) >= 11 is 0. The van der Waals surface area contributed by atoms with Gasteiger partial charge in [0.25, 0.3) is 0 Å². The lowest BCUT2D eigenvalue weighted by atomic mass is 9.97. The lowest BCUT2D eigenvalue weighted by Crippen LogP contribution is -2.45. The molecule has 6 heteroatoms. The van der Waals surface area contributed by atoms with E-state index in [2.05, 4.69) is 5.32 Å². The quantitative estimate of drug-likeness (QED) is 0.853. The molecule has 112 valence electrons. The summed E-state index contributed by atoms with van der Waals surface area (Å²) in [6.07, 6.45) is -1.09. The fourth-order valence-electron chi connectivity index (χ4n) is 2.85. The van der Waals surface area contributed by atoms with Gasteiger partial charge in [0.2, 0.25) is 0 Å². The van der Waals surface area contributed by atoms with Gasteiger partial charge < -0.3 is 15.0 Å². The molecule has 2 aliphatic heterocycles. The first-order valence-electron chi connectivity index (χ1n) is 7.16. The summed E-state index contributed by atoms with van der Waals surface area (Å²) in [6.45, 7) is 4.02. The lowest BCUT2D eigenvalue weighted by molar-refractivity contribution is -0.186. The van der Waals surface area contributed by atoms with Crippen LogP contribution in [0.15, 0.2) is 0 Å². The number of likely N-dealkylation sites (tertiary alicyclic amines) is 1. The molecule has 19 heavy (non-hydrogen) atoms. The van der Waals surface area contributed by atoms with Crippen molar-refractivity contribution in [1.29, 1.82) is 0 Å². The van der Waals surface area contributed by atoms with Gasteiger partial charge in [-0.15, -0.1) is 0 Å². The molecule has 0 aliphatic carbocycles. The molecule has 0 spiro atoms. The van der Waals surface area contributed by atoms with E-state index in [0.29, 0.717) is 19.0 Å². The molecule has 2 rings (SSSR count). The van der Waals surface area contributed by atoms with Crippen LogP contribution in [0.1, 0.15) is 25.7 Å². The number of alkyl halides is 3. The molecule has 3 nitrogen and oxygen atoms in total. The molecule has 0 aromatic rings. The number of hydrogen-bond acceptors (Lipinski definition) is 3. The molecule has 2 heterocycles. The van der Waals surface area contributed by atoms with Crippen molar-refractivity contribution in [3.8, 4) is 0 Å². The number of halogens is 3.